The van der Waals surface area contributed by atoms with Crippen LogP contribution in [0.4, 0.5) is 0 Å². The van der Waals surface area contributed by atoms with Gasteiger partial charge in [0, 0.05) is 11.1 Å². The lowest BCUT2D eigenvalue weighted by atomic mass is 9.84. The van der Waals surface area contributed by atoms with Gasteiger partial charge in [-0.05, 0) is 35.7 Å². The van der Waals surface area contributed by atoms with E-state index in [-0.39, 0.29) is 4.90 Å². The molecule has 0 radical (unpaired) electrons. The molecule has 5 rings (SSSR count). The molecule has 0 bridgehead atoms. The molecule has 0 saturated heterocycles. The van der Waals surface area contributed by atoms with E-state index in [9.17, 15) is 12.6 Å². The molecule has 1 N–H and O–H groups in total. The van der Waals surface area contributed by atoms with Gasteiger partial charge < -0.3 is 0 Å². The summed E-state index contributed by atoms with van der Waals surface area (Å²) >= 11 is -2.38. The number of sulfonamides is 1. The van der Waals surface area contributed by atoms with Gasteiger partial charge in [0.2, 0.25) is 11.3 Å². The molecule has 4 aromatic carbocycles. The minimum Gasteiger partial charge on any atom is -0.256 e. The van der Waals surface area contributed by atoms with Gasteiger partial charge in [0.1, 0.15) is 0 Å². The molecule has 7 heteroatoms. The van der Waals surface area contributed by atoms with Gasteiger partial charge in [-0.3, -0.25) is 4.18 Å². The number of benzene rings is 4. The Kier molecular flexibility index (Phi) is 5.50. The molecule has 1 aliphatic rings. The zero-order valence-corrected chi connectivity index (χ0v) is 19.4. The van der Waals surface area contributed by atoms with Crippen molar-refractivity contribution in [3.8, 4) is 11.1 Å². The molecule has 0 spiro atoms. The average molecular weight is 476 g/mol. The highest BCUT2D eigenvalue weighted by Crippen LogP contribution is 2.53. The van der Waals surface area contributed by atoms with E-state index >= 15 is 0 Å². The third-order valence-corrected chi connectivity index (χ3v) is 8.51. The maximum Gasteiger partial charge on any atom is 0.253 e. The second-order valence-corrected chi connectivity index (χ2v) is 10.6. The molecular formula is C26H21NO4S2. The summed E-state index contributed by atoms with van der Waals surface area (Å²) in [5.41, 5.74) is 3.96. The molecule has 0 amide bonds. The molecule has 4 aromatic rings. The van der Waals surface area contributed by atoms with Crippen LogP contribution in [-0.2, 0) is 31.1 Å². The first-order valence-electron chi connectivity index (χ1n) is 10.4. The quantitative estimate of drug-likeness (QED) is 0.433. The predicted octanol–water partition coefficient (Wildman–Crippen LogP) is 4.84. The fraction of sp³-hybridized carbons (Fsp3) is 0.0769. The summed E-state index contributed by atoms with van der Waals surface area (Å²) in [6.07, 6.45) is 0. The first-order chi connectivity index (χ1) is 15.9. The number of rotatable bonds is 6. The van der Waals surface area contributed by atoms with E-state index in [0.29, 0.717) is 0 Å². The van der Waals surface area contributed by atoms with Gasteiger partial charge in [-0.1, -0.05) is 96.6 Å². The number of fused-ring (bicyclic) bond motifs is 3. The highest BCUT2D eigenvalue weighted by molar-refractivity contribution is 8.00. The molecule has 0 aromatic heterocycles. The number of aryl methyl sites for hydroxylation is 1. The molecule has 0 unspecified atom stereocenters. The van der Waals surface area contributed by atoms with Crippen molar-refractivity contribution in [2.24, 2.45) is 0 Å². The Balaban J connectivity index is 1.61. The Morgan fingerprint density at radius 3 is 1.82 bits per heavy atom. The first-order valence-corrected chi connectivity index (χ1v) is 12.9. The summed E-state index contributed by atoms with van der Waals surface area (Å²) in [5.74, 6) is 0. The minimum atomic E-state index is -4.06. The van der Waals surface area contributed by atoms with Gasteiger partial charge in [0.25, 0.3) is 10.0 Å². The molecule has 5 nitrogen and oxygen atoms in total. The van der Waals surface area contributed by atoms with Crippen molar-refractivity contribution in [2.75, 3.05) is 0 Å². The SMILES string of the molecule is Cc1ccc(S(=O)(=O)N[S@](=O)OC2(c3ccccc3)c3ccccc3-c3ccccc32)cc1. The molecule has 0 saturated carbocycles. The highest BCUT2D eigenvalue weighted by atomic mass is 32.3. The molecule has 0 heterocycles. The van der Waals surface area contributed by atoms with Crippen LogP contribution in [0.25, 0.3) is 11.1 Å². The topological polar surface area (TPSA) is 72.5 Å². The Morgan fingerprint density at radius 1 is 0.727 bits per heavy atom. The Labute approximate surface area is 195 Å². The fourth-order valence-electron chi connectivity index (χ4n) is 4.30. The summed E-state index contributed by atoms with van der Waals surface area (Å²) in [6, 6.07) is 31.2. The molecule has 0 fully saturated rings. The summed E-state index contributed by atoms with van der Waals surface area (Å²) in [6.45, 7) is 1.86. The Morgan fingerprint density at radius 2 is 1.24 bits per heavy atom. The van der Waals surface area contributed by atoms with Crippen molar-refractivity contribution in [3.05, 3.63) is 125 Å². The van der Waals surface area contributed by atoms with Gasteiger partial charge in [-0.15, -0.1) is 4.13 Å². The maximum absolute atomic E-state index is 13.3. The van der Waals surface area contributed by atoms with E-state index in [1.165, 1.54) is 12.1 Å². The summed E-state index contributed by atoms with van der Waals surface area (Å²) in [5, 5.41) is 0. The number of hydrogen-bond donors (Lipinski definition) is 1. The van der Waals surface area contributed by atoms with Crippen molar-refractivity contribution in [2.45, 2.75) is 17.4 Å². The van der Waals surface area contributed by atoms with Crippen LogP contribution in [-0.4, -0.2) is 12.6 Å². The van der Waals surface area contributed by atoms with E-state index in [0.717, 1.165) is 33.4 Å². The highest BCUT2D eigenvalue weighted by Gasteiger charge is 2.48. The average Bonchev–Trinajstić information content (AvgIpc) is 3.10. The van der Waals surface area contributed by atoms with Crippen LogP contribution >= 0.6 is 0 Å². The molecular weight excluding hydrogens is 454 g/mol. The molecule has 1 aliphatic carbocycles. The standard InChI is InChI=1S/C26H21NO4S2/c1-19-15-17-21(18-16-19)33(29,30)27-32(28)31-26(20-9-3-2-4-10-20)24-13-7-5-11-22(24)23-12-6-8-14-25(23)26/h2-18,27H,1H3/t32-/m1/s1. The van der Waals surface area contributed by atoms with Crippen molar-refractivity contribution >= 4 is 21.3 Å². The lowest BCUT2D eigenvalue weighted by Crippen LogP contribution is -2.37. The molecule has 166 valence electrons. The Hall–Kier alpha value is -3.10. The largest absolute Gasteiger partial charge is 0.256 e. The Bertz CT molecular complexity index is 1400. The van der Waals surface area contributed by atoms with E-state index in [4.69, 9.17) is 4.18 Å². The molecule has 33 heavy (non-hydrogen) atoms. The van der Waals surface area contributed by atoms with E-state index < -0.39 is 26.9 Å². The van der Waals surface area contributed by atoms with Crippen LogP contribution in [0.2, 0.25) is 0 Å². The van der Waals surface area contributed by atoms with Crippen LogP contribution < -0.4 is 4.13 Å². The van der Waals surface area contributed by atoms with Crippen molar-refractivity contribution in [1.29, 1.82) is 0 Å². The zero-order valence-electron chi connectivity index (χ0n) is 17.8. The first kappa shape index (κ1) is 21.7. The molecule has 1 atom stereocenters. The van der Waals surface area contributed by atoms with Gasteiger partial charge in [0.15, 0.2) is 5.60 Å². The molecule has 0 aliphatic heterocycles. The number of hydrogen-bond acceptors (Lipinski definition) is 4. The lowest BCUT2D eigenvalue weighted by Gasteiger charge is -2.31. The lowest BCUT2D eigenvalue weighted by molar-refractivity contribution is 0.183. The maximum atomic E-state index is 13.3. The van der Waals surface area contributed by atoms with Gasteiger partial charge in [-0.2, -0.15) is 0 Å². The van der Waals surface area contributed by atoms with Crippen molar-refractivity contribution < 1.29 is 16.8 Å². The van der Waals surface area contributed by atoms with Crippen LogP contribution in [0.15, 0.2) is 108 Å². The van der Waals surface area contributed by atoms with Crippen LogP contribution in [0.3, 0.4) is 0 Å². The fourth-order valence-corrected chi connectivity index (χ4v) is 6.54. The third kappa shape index (κ3) is 3.73. The summed E-state index contributed by atoms with van der Waals surface area (Å²) in [7, 11) is -4.06. The second kappa shape index (κ2) is 8.35. The minimum absolute atomic E-state index is 0.0195. The van der Waals surface area contributed by atoms with Crippen molar-refractivity contribution in [1.82, 2.24) is 4.13 Å². The van der Waals surface area contributed by atoms with Gasteiger partial charge in [0.05, 0.1) is 4.90 Å². The summed E-state index contributed by atoms with van der Waals surface area (Å²) < 4.78 is 47.4. The monoisotopic (exact) mass is 475 g/mol. The van der Waals surface area contributed by atoms with Crippen molar-refractivity contribution in [3.63, 3.8) is 0 Å². The third-order valence-electron chi connectivity index (χ3n) is 5.79. The van der Waals surface area contributed by atoms with E-state index in [2.05, 4.69) is 4.13 Å². The van der Waals surface area contributed by atoms with Crippen LogP contribution in [0, 0.1) is 6.92 Å². The smallest absolute Gasteiger partial charge is 0.253 e. The number of nitrogens with one attached hydrogen (secondary N) is 1. The van der Waals surface area contributed by atoms with E-state index in [1.807, 2.05) is 85.8 Å². The van der Waals surface area contributed by atoms with E-state index in [1.54, 1.807) is 12.1 Å². The van der Waals surface area contributed by atoms with Gasteiger partial charge in [-0.25, -0.2) is 12.6 Å². The summed E-state index contributed by atoms with van der Waals surface area (Å²) in [4.78, 5) is 0.0195. The predicted molar refractivity (Wildman–Crippen MR) is 129 cm³/mol. The van der Waals surface area contributed by atoms with Gasteiger partial charge >= 0.3 is 0 Å². The zero-order chi connectivity index (χ0) is 23.1. The van der Waals surface area contributed by atoms with Crippen LogP contribution in [0.5, 0.6) is 0 Å². The second-order valence-electron chi connectivity index (χ2n) is 7.86. The normalized spacial score (nSPS) is 14.9. The van der Waals surface area contributed by atoms with Crippen LogP contribution in [0.1, 0.15) is 22.3 Å².